The molecule has 0 saturated carbocycles. The van der Waals surface area contributed by atoms with Crippen molar-refractivity contribution in [1.29, 1.82) is 0 Å². The minimum Gasteiger partial charge on any atom is -0.462 e. The predicted molar refractivity (Wildman–Crippen MR) is 121 cm³/mol. The molecule has 162 valence electrons. The first kappa shape index (κ1) is 22.3. The van der Waals surface area contributed by atoms with Crippen LogP contribution < -0.4 is 0 Å². The van der Waals surface area contributed by atoms with Crippen molar-refractivity contribution in [1.82, 2.24) is 14.4 Å². The van der Waals surface area contributed by atoms with E-state index in [1.807, 2.05) is 25.7 Å². The summed E-state index contributed by atoms with van der Waals surface area (Å²) in [5.74, 6) is -0.346. The van der Waals surface area contributed by atoms with E-state index in [1.165, 1.54) is 4.88 Å². The summed E-state index contributed by atoms with van der Waals surface area (Å²) in [6.45, 7) is 13.0. The average Bonchev–Trinajstić information content (AvgIpc) is 3.32. The largest absolute Gasteiger partial charge is 0.462 e. The zero-order valence-electron chi connectivity index (χ0n) is 18.3. The van der Waals surface area contributed by atoms with Crippen LogP contribution >= 0.6 is 11.3 Å². The molecular formula is C23H31N3O3S. The van der Waals surface area contributed by atoms with Crippen LogP contribution in [-0.4, -0.2) is 59.0 Å². The summed E-state index contributed by atoms with van der Waals surface area (Å²) in [5.41, 5.74) is 3.18. The molecule has 1 fully saturated rings. The highest BCUT2D eigenvalue weighted by Gasteiger charge is 2.23. The minimum absolute atomic E-state index is 0.0121. The van der Waals surface area contributed by atoms with Gasteiger partial charge < -0.3 is 14.2 Å². The number of carbonyl (C=O) groups excluding carboxylic acids is 2. The van der Waals surface area contributed by atoms with E-state index in [4.69, 9.17) is 4.74 Å². The van der Waals surface area contributed by atoms with Crippen molar-refractivity contribution in [2.45, 2.75) is 40.8 Å². The molecule has 1 amide bonds. The highest BCUT2D eigenvalue weighted by atomic mass is 32.1. The molecule has 1 aliphatic heterocycles. The van der Waals surface area contributed by atoms with Gasteiger partial charge in [0.05, 0.1) is 12.2 Å². The molecule has 0 N–H and O–H groups in total. The van der Waals surface area contributed by atoms with Gasteiger partial charge in [-0.05, 0) is 45.2 Å². The van der Waals surface area contributed by atoms with E-state index in [0.717, 1.165) is 43.1 Å². The lowest BCUT2D eigenvalue weighted by atomic mass is 10.1. The second-order valence-corrected chi connectivity index (χ2v) is 8.47. The first-order valence-corrected chi connectivity index (χ1v) is 11.4. The third-order valence-electron chi connectivity index (χ3n) is 5.66. The number of piperazine rings is 1. The Bertz CT molecular complexity index is 907. The Morgan fingerprint density at radius 2 is 1.87 bits per heavy atom. The van der Waals surface area contributed by atoms with Crippen molar-refractivity contribution >= 4 is 29.3 Å². The molecule has 2 aromatic rings. The maximum absolute atomic E-state index is 12.8. The van der Waals surface area contributed by atoms with Crippen LogP contribution in [0.2, 0.25) is 0 Å². The molecule has 2 aromatic heterocycles. The molecule has 6 nitrogen and oxygen atoms in total. The molecule has 0 aliphatic carbocycles. The van der Waals surface area contributed by atoms with Gasteiger partial charge in [0, 0.05) is 67.2 Å². The molecular weight excluding hydrogens is 398 g/mol. The molecule has 1 aliphatic rings. The van der Waals surface area contributed by atoms with Gasteiger partial charge in [0.1, 0.15) is 0 Å². The van der Waals surface area contributed by atoms with E-state index in [9.17, 15) is 9.59 Å². The van der Waals surface area contributed by atoms with E-state index in [1.54, 1.807) is 30.4 Å². The lowest BCUT2D eigenvalue weighted by Crippen LogP contribution is -2.47. The highest BCUT2D eigenvalue weighted by Crippen LogP contribution is 2.25. The summed E-state index contributed by atoms with van der Waals surface area (Å²) in [5, 5.41) is 2.10. The van der Waals surface area contributed by atoms with Gasteiger partial charge in [-0.2, -0.15) is 0 Å². The van der Waals surface area contributed by atoms with Gasteiger partial charge in [-0.3, -0.25) is 9.69 Å². The number of thiophene rings is 1. The maximum Gasteiger partial charge on any atom is 0.340 e. The number of aromatic nitrogens is 1. The number of esters is 1. The lowest BCUT2D eigenvalue weighted by molar-refractivity contribution is -0.127. The number of rotatable bonds is 7. The lowest BCUT2D eigenvalue weighted by Gasteiger charge is -2.34. The van der Waals surface area contributed by atoms with Crippen LogP contribution in [0.1, 0.15) is 46.0 Å². The Balaban J connectivity index is 1.68. The summed E-state index contributed by atoms with van der Waals surface area (Å²) in [7, 11) is 0. The van der Waals surface area contributed by atoms with E-state index in [2.05, 4.69) is 27.0 Å². The van der Waals surface area contributed by atoms with Crippen LogP contribution in [0, 0.1) is 13.8 Å². The van der Waals surface area contributed by atoms with E-state index in [-0.39, 0.29) is 11.9 Å². The second-order valence-electron chi connectivity index (χ2n) is 7.44. The van der Waals surface area contributed by atoms with Gasteiger partial charge in [-0.15, -0.1) is 11.3 Å². The SMILES string of the molecule is CCOC(=O)c1c(/C=C/C(=O)N2CCN(Cc3cccs3)CC2)c(C)n(CC)c1C. The van der Waals surface area contributed by atoms with Gasteiger partial charge in [-0.25, -0.2) is 4.79 Å². The summed E-state index contributed by atoms with van der Waals surface area (Å²) in [6, 6.07) is 4.23. The quantitative estimate of drug-likeness (QED) is 0.497. The third kappa shape index (κ3) is 4.84. The molecule has 0 spiro atoms. The van der Waals surface area contributed by atoms with E-state index < -0.39 is 0 Å². The molecule has 0 bridgehead atoms. The molecule has 0 aromatic carbocycles. The zero-order valence-corrected chi connectivity index (χ0v) is 19.1. The second kappa shape index (κ2) is 10.1. The fourth-order valence-corrected chi connectivity index (χ4v) is 4.80. The predicted octanol–water partition coefficient (Wildman–Crippen LogP) is 3.72. The van der Waals surface area contributed by atoms with Crippen LogP contribution in [0.5, 0.6) is 0 Å². The first-order valence-electron chi connectivity index (χ1n) is 10.5. The average molecular weight is 430 g/mol. The number of nitrogens with zero attached hydrogens (tertiary/aromatic N) is 3. The van der Waals surface area contributed by atoms with Crippen LogP contribution in [0.4, 0.5) is 0 Å². The third-order valence-corrected chi connectivity index (χ3v) is 6.52. The Kier molecular flexibility index (Phi) is 7.50. The number of amides is 1. The molecule has 1 saturated heterocycles. The molecule has 0 atom stereocenters. The van der Waals surface area contributed by atoms with Gasteiger partial charge in [0.15, 0.2) is 0 Å². The summed E-state index contributed by atoms with van der Waals surface area (Å²) >= 11 is 1.77. The number of hydrogen-bond donors (Lipinski definition) is 0. The van der Waals surface area contributed by atoms with Crippen molar-refractivity contribution < 1.29 is 14.3 Å². The molecule has 0 radical (unpaired) electrons. The Hall–Kier alpha value is -2.38. The fraction of sp³-hybridized carbons (Fsp3) is 0.478. The van der Waals surface area contributed by atoms with Gasteiger partial charge in [0.25, 0.3) is 0 Å². The zero-order chi connectivity index (χ0) is 21.7. The van der Waals surface area contributed by atoms with E-state index >= 15 is 0 Å². The van der Waals surface area contributed by atoms with Gasteiger partial charge in [-0.1, -0.05) is 6.07 Å². The first-order chi connectivity index (χ1) is 14.5. The Labute approximate surface area is 182 Å². The minimum atomic E-state index is -0.334. The molecule has 7 heteroatoms. The van der Waals surface area contributed by atoms with Crippen molar-refractivity contribution in [2.75, 3.05) is 32.8 Å². The number of ether oxygens (including phenoxy) is 1. The van der Waals surface area contributed by atoms with Crippen molar-refractivity contribution in [3.8, 4) is 0 Å². The van der Waals surface area contributed by atoms with Crippen molar-refractivity contribution in [3.05, 3.63) is 51.0 Å². The summed E-state index contributed by atoms with van der Waals surface area (Å²) in [4.78, 5) is 30.9. The Morgan fingerprint density at radius 3 is 2.47 bits per heavy atom. The van der Waals surface area contributed by atoms with Gasteiger partial charge in [0.2, 0.25) is 5.91 Å². The number of carbonyl (C=O) groups is 2. The topological polar surface area (TPSA) is 54.8 Å². The molecule has 30 heavy (non-hydrogen) atoms. The van der Waals surface area contributed by atoms with Crippen molar-refractivity contribution in [3.63, 3.8) is 0 Å². The van der Waals surface area contributed by atoms with E-state index in [0.29, 0.717) is 25.3 Å². The fourth-order valence-electron chi connectivity index (χ4n) is 4.06. The monoisotopic (exact) mass is 429 g/mol. The van der Waals surface area contributed by atoms with Crippen LogP contribution in [0.15, 0.2) is 23.6 Å². The molecule has 3 heterocycles. The molecule has 0 unspecified atom stereocenters. The normalized spacial score (nSPS) is 15.1. The van der Waals surface area contributed by atoms with Crippen LogP contribution in [-0.2, 0) is 22.6 Å². The Morgan fingerprint density at radius 1 is 1.13 bits per heavy atom. The van der Waals surface area contributed by atoms with Gasteiger partial charge >= 0.3 is 5.97 Å². The number of hydrogen-bond acceptors (Lipinski definition) is 5. The molecule has 3 rings (SSSR count). The van der Waals surface area contributed by atoms with Crippen LogP contribution in [0.25, 0.3) is 6.08 Å². The summed E-state index contributed by atoms with van der Waals surface area (Å²) in [6.07, 6.45) is 3.38. The maximum atomic E-state index is 12.8. The standard InChI is InChI=1S/C23H31N3O3S/c1-5-26-17(3)20(22(18(26)4)23(28)29-6-2)9-10-21(27)25-13-11-24(12-14-25)16-19-8-7-15-30-19/h7-10,15H,5-6,11-14,16H2,1-4H3/b10-9+. The smallest absolute Gasteiger partial charge is 0.340 e. The van der Waals surface area contributed by atoms with Crippen molar-refractivity contribution in [2.24, 2.45) is 0 Å². The summed E-state index contributed by atoms with van der Waals surface area (Å²) < 4.78 is 7.34. The van der Waals surface area contributed by atoms with Crippen LogP contribution in [0.3, 0.4) is 0 Å². The highest BCUT2D eigenvalue weighted by molar-refractivity contribution is 7.09.